The summed E-state index contributed by atoms with van der Waals surface area (Å²) in [6, 6.07) is 27.0. The molecule has 32 heavy (non-hydrogen) atoms. The fourth-order valence-corrected chi connectivity index (χ4v) is 5.17. The molecule has 2 saturated heterocycles. The summed E-state index contributed by atoms with van der Waals surface area (Å²) >= 11 is 6.03. The zero-order chi connectivity index (χ0) is 22.1. The van der Waals surface area contributed by atoms with Crippen molar-refractivity contribution in [2.75, 3.05) is 23.3 Å². The third-order valence-corrected chi connectivity index (χ3v) is 6.83. The summed E-state index contributed by atoms with van der Waals surface area (Å²) in [7, 11) is 0. The van der Waals surface area contributed by atoms with Gasteiger partial charge >= 0.3 is 6.03 Å². The second-order valence-corrected chi connectivity index (χ2v) is 8.84. The SMILES string of the molecule is O=C(Nc1cccc(Cl)c1)N1CCC2(CC1)C(=O)N(c1ccccc1)C2c1ccccc1. The molecule has 2 heterocycles. The number of nitrogens with zero attached hydrogens (tertiary/aromatic N) is 2. The molecule has 0 radical (unpaired) electrons. The van der Waals surface area contributed by atoms with E-state index in [2.05, 4.69) is 17.4 Å². The molecule has 5 rings (SSSR count). The zero-order valence-corrected chi connectivity index (χ0v) is 18.3. The van der Waals surface area contributed by atoms with Gasteiger partial charge in [0.05, 0.1) is 11.5 Å². The normalized spacial score (nSPS) is 19.5. The monoisotopic (exact) mass is 445 g/mol. The Labute approximate surface area is 192 Å². The lowest BCUT2D eigenvalue weighted by molar-refractivity contribution is -0.144. The molecule has 6 heteroatoms. The number of piperidine rings is 1. The van der Waals surface area contributed by atoms with Crippen LogP contribution in [0.15, 0.2) is 84.9 Å². The standard InChI is InChI=1S/C26H24ClN3O2/c27-20-10-7-11-21(18-20)28-25(32)29-16-14-26(15-17-29)23(19-8-3-1-4-9-19)30(24(26)31)22-12-5-2-6-13-22/h1-13,18,23H,14-17H2,(H,28,32). The smallest absolute Gasteiger partial charge is 0.321 e. The highest BCUT2D eigenvalue weighted by atomic mass is 35.5. The first-order chi connectivity index (χ1) is 15.6. The maximum absolute atomic E-state index is 13.5. The Balaban J connectivity index is 1.35. The molecule has 1 unspecified atom stereocenters. The minimum atomic E-state index is -0.482. The summed E-state index contributed by atoms with van der Waals surface area (Å²) < 4.78 is 0. The zero-order valence-electron chi connectivity index (χ0n) is 17.6. The lowest BCUT2D eigenvalue weighted by Gasteiger charge is -2.59. The Kier molecular flexibility index (Phi) is 5.35. The molecule has 162 valence electrons. The van der Waals surface area contributed by atoms with Crippen molar-refractivity contribution in [3.63, 3.8) is 0 Å². The molecule has 1 N–H and O–H groups in total. The van der Waals surface area contributed by atoms with E-state index in [1.54, 1.807) is 23.1 Å². The first-order valence-corrected chi connectivity index (χ1v) is 11.2. The van der Waals surface area contributed by atoms with E-state index in [-0.39, 0.29) is 18.0 Å². The second-order valence-electron chi connectivity index (χ2n) is 8.41. The van der Waals surface area contributed by atoms with E-state index in [4.69, 9.17) is 11.6 Å². The second kappa shape index (κ2) is 8.32. The number of urea groups is 1. The van der Waals surface area contributed by atoms with Gasteiger partial charge in [-0.3, -0.25) is 4.79 Å². The van der Waals surface area contributed by atoms with Gasteiger partial charge in [0.1, 0.15) is 0 Å². The summed E-state index contributed by atoms with van der Waals surface area (Å²) in [4.78, 5) is 30.0. The summed E-state index contributed by atoms with van der Waals surface area (Å²) in [6.45, 7) is 1.06. The molecule has 0 aliphatic carbocycles. The van der Waals surface area contributed by atoms with Crippen molar-refractivity contribution >= 4 is 34.9 Å². The topological polar surface area (TPSA) is 52.7 Å². The van der Waals surface area contributed by atoms with Crippen LogP contribution in [0.4, 0.5) is 16.2 Å². The highest BCUT2D eigenvalue weighted by Crippen LogP contribution is 2.57. The lowest BCUT2D eigenvalue weighted by Crippen LogP contribution is -2.67. The van der Waals surface area contributed by atoms with Crippen molar-refractivity contribution in [3.05, 3.63) is 95.5 Å². The molecule has 3 amide bonds. The predicted molar refractivity (Wildman–Crippen MR) is 127 cm³/mol. The number of nitrogens with one attached hydrogen (secondary N) is 1. The molecule has 2 aliphatic rings. The minimum Gasteiger partial charge on any atom is -0.324 e. The van der Waals surface area contributed by atoms with Crippen LogP contribution in [0.5, 0.6) is 0 Å². The summed E-state index contributed by atoms with van der Waals surface area (Å²) in [5, 5.41) is 3.49. The van der Waals surface area contributed by atoms with Crippen LogP contribution in [0.3, 0.4) is 0 Å². The molecule has 0 bridgehead atoms. The van der Waals surface area contributed by atoms with Gasteiger partial charge in [-0.15, -0.1) is 0 Å². The summed E-state index contributed by atoms with van der Waals surface area (Å²) in [5.41, 5.74) is 2.23. The van der Waals surface area contributed by atoms with E-state index in [0.29, 0.717) is 36.6 Å². The molecular formula is C26H24ClN3O2. The van der Waals surface area contributed by atoms with Crippen molar-refractivity contribution in [3.8, 4) is 0 Å². The summed E-state index contributed by atoms with van der Waals surface area (Å²) in [5.74, 6) is 0.146. The van der Waals surface area contributed by atoms with Gasteiger partial charge in [-0.05, 0) is 48.7 Å². The Bertz CT molecular complexity index is 1130. The molecule has 2 fully saturated rings. The third-order valence-electron chi connectivity index (χ3n) is 6.59. The van der Waals surface area contributed by atoms with Crippen LogP contribution in [0.25, 0.3) is 0 Å². The number of rotatable bonds is 3. The Morgan fingerprint density at radius 2 is 1.56 bits per heavy atom. The molecule has 3 aromatic rings. The third kappa shape index (κ3) is 3.53. The van der Waals surface area contributed by atoms with Crippen LogP contribution in [0.2, 0.25) is 5.02 Å². The fourth-order valence-electron chi connectivity index (χ4n) is 4.98. The molecule has 2 aliphatic heterocycles. The molecule has 3 aromatic carbocycles. The van der Waals surface area contributed by atoms with Gasteiger partial charge < -0.3 is 15.1 Å². The molecule has 0 saturated carbocycles. The number of hydrogen-bond donors (Lipinski definition) is 1. The predicted octanol–water partition coefficient (Wildman–Crippen LogP) is 5.74. The lowest BCUT2D eigenvalue weighted by atomic mass is 9.62. The molecule has 1 spiro atoms. The van der Waals surface area contributed by atoms with Gasteiger partial charge in [0.2, 0.25) is 5.91 Å². The van der Waals surface area contributed by atoms with E-state index in [1.807, 2.05) is 59.5 Å². The highest BCUT2D eigenvalue weighted by Gasteiger charge is 2.62. The van der Waals surface area contributed by atoms with Crippen molar-refractivity contribution in [2.45, 2.75) is 18.9 Å². The quantitative estimate of drug-likeness (QED) is 0.522. The Morgan fingerprint density at radius 3 is 2.22 bits per heavy atom. The van der Waals surface area contributed by atoms with Crippen molar-refractivity contribution < 1.29 is 9.59 Å². The van der Waals surface area contributed by atoms with E-state index in [0.717, 1.165) is 11.3 Å². The van der Waals surface area contributed by atoms with Crippen molar-refractivity contribution in [2.24, 2.45) is 5.41 Å². The largest absolute Gasteiger partial charge is 0.324 e. The Morgan fingerprint density at radius 1 is 0.906 bits per heavy atom. The van der Waals surface area contributed by atoms with Gasteiger partial charge in [0.25, 0.3) is 0 Å². The van der Waals surface area contributed by atoms with Crippen LogP contribution in [0, 0.1) is 5.41 Å². The van der Waals surface area contributed by atoms with Gasteiger partial charge in [0, 0.05) is 29.5 Å². The molecule has 5 nitrogen and oxygen atoms in total. The van der Waals surface area contributed by atoms with E-state index >= 15 is 0 Å². The number of likely N-dealkylation sites (tertiary alicyclic amines) is 1. The maximum atomic E-state index is 13.5. The average Bonchev–Trinajstić information content (AvgIpc) is 2.83. The number of para-hydroxylation sites is 1. The fraction of sp³-hybridized carbons (Fsp3) is 0.231. The minimum absolute atomic E-state index is 0.0308. The molecular weight excluding hydrogens is 422 g/mol. The highest BCUT2D eigenvalue weighted by molar-refractivity contribution is 6.30. The summed E-state index contributed by atoms with van der Waals surface area (Å²) in [6.07, 6.45) is 1.27. The van der Waals surface area contributed by atoms with Gasteiger partial charge in [-0.25, -0.2) is 4.79 Å². The van der Waals surface area contributed by atoms with E-state index in [1.165, 1.54) is 0 Å². The van der Waals surface area contributed by atoms with Crippen LogP contribution >= 0.6 is 11.6 Å². The van der Waals surface area contributed by atoms with Crippen LogP contribution in [-0.2, 0) is 4.79 Å². The van der Waals surface area contributed by atoms with Crippen molar-refractivity contribution in [1.82, 2.24) is 4.90 Å². The number of carbonyl (C=O) groups excluding carboxylic acids is 2. The first kappa shape index (κ1) is 20.6. The number of amides is 3. The van der Waals surface area contributed by atoms with Gasteiger partial charge in [-0.1, -0.05) is 66.2 Å². The number of hydrogen-bond acceptors (Lipinski definition) is 2. The van der Waals surface area contributed by atoms with Crippen molar-refractivity contribution in [1.29, 1.82) is 0 Å². The maximum Gasteiger partial charge on any atom is 0.321 e. The average molecular weight is 446 g/mol. The number of anilines is 2. The van der Waals surface area contributed by atoms with Crippen LogP contribution in [-0.4, -0.2) is 29.9 Å². The van der Waals surface area contributed by atoms with E-state index < -0.39 is 5.41 Å². The first-order valence-electron chi connectivity index (χ1n) is 10.8. The molecule has 0 aromatic heterocycles. The van der Waals surface area contributed by atoms with Crippen LogP contribution in [0.1, 0.15) is 24.4 Å². The van der Waals surface area contributed by atoms with Crippen LogP contribution < -0.4 is 10.2 Å². The van der Waals surface area contributed by atoms with Gasteiger partial charge in [-0.2, -0.15) is 0 Å². The Hall–Kier alpha value is -3.31. The van der Waals surface area contributed by atoms with Gasteiger partial charge in [0.15, 0.2) is 0 Å². The number of β-lactam (4-membered cyclic amide) rings is 1. The number of halogens is 1. The van der Waals surface area contributed by atoms with E-state index in [9.17, 15) is 9.59 Å². The molecule has 1 atom stereocenters. The number of carbonyl (C=O) groups is 2. The number of benzene rings is 3.